The maximum absolute atomic E-state index is 12.8. The van der Waals surface area contributed by atoms with E-state index in [1.807, 2.05) is 0 Å². The van der Waals surface area contributed by atoms with E-state index >= 15 is 0 Å². The highest BCUT2D eigenvalue weighted by atomic mass is 16.6. The first kappa shape index (κ1) is 63.4. The highest BCUT2D eigenvalue weighted by Crippen LogP contribution is 2.16. The second kappa shape index (κ2) is 55.0. The summed E-state index contributed by atoms with van der Waals surface area (Å²) < 4.78 is 16.7. The Morgan fingerprint density at radius 1 is 0.303 bits per heavy atom. The molecule has 66 heavy (non-hydrogen) atoms. The third-order valence-electron chi connectivity index (χ3n) is 12.6. The lowest BCUT2D eigenvalue weighted by molar-refractivity contribution is -0.167. The summed E-state index contributed by atoms with van der Waals surface area (Å²) in [6.45, 7) is 6.56. The number of rotatable bonds is 52. The Balaban J connectivity index is 4.10. The number of hydrogen-bond acceptors (Lipinski definition) is 6. The fourth-order valence-electron chi connectivity index (χ4n) is 8.21. The first-order chi connectivity index (χ1) is 32.5. The number of hydrogen-bond donors (Lipinski definition) is 0. The Labute approximate surface area is 409 Å². The predicted octanol–water partition coefficient (Wildman–Crippen LogP) is 19.0. The number of allylic oxidation sites excluding steroid dienone is 8. The van der Waals surface area contributed by atoms with Crippen LogP contribution in [0.5, 0.6) is 0 Å². The van der Waals surface area contributed by atoms with E-state index in [0.717, 1.165) is 77.0 Å². The van der Waals surface area contributed by atoms with Gasteiger partial charge in [-0.1, -0.05) is 243 Å². The van der Waals surface area contributed by atoms with Gasteiger partial charge in [-0.05, 0) is 83.5 Å². The van der Waals surface area contributed by atoms with Gasteiger partial charge in [-0.25, -0.2) is 0 Å². The molecule has 0 aromatic carbocycles. The van der Waals surface area contributed by atoms with Crippen LogP contribution in [0.1, 0.15) is 297 Å². The molecule has 0 aliphatic heterocycles. The maximum Gasteiger partial charge on any atom is 0.306 e. The molecule has 1 atom stereocenters. The summed E-state index contributed by atoms with van der Waals surface area (Å²) in [4.78, 5) is 37.8. The van der Waals surface area contributed by atoms with Crippen molar-refractivity contribution in [1.82, 2.24) is 0 Å². The molecule has 0 saturated carbocycles. The summed E-state index contributed by atoms with van der Waals surface area (Å²) in [6.07, 6.45) is 67.1. The predicted molar refractivity (Wildman–Crippen MR) is 284 cm³/mol. The van der Waals surface area contributed by atoms with Gasteiger partial charge in [0.05, 0.1) is 0 Å². The van der Waals surface area contributed by atoms with E-state index in [1.54, 1.807) is 0 Å². The first-order valence-electron chi connectivity index (χ1n) is 28.6. The van der Waals surface area contributed by atoms with Crippen LogP contribution >= 0.6 is 0 Å². The highest BCUT2D eigenvalue weighted by Gasteiger charge is 2.19. The molecule has 0 aromatic heterocycles. The third kappa shape index (κ3) is 52.3. The Hall–Kier alpha value is -2.63. The Bertz CT molecular complexity index is 1150. The quantitative estimate of drug-likeness (QED) is 0.0262. The van der Waals surface area contributed by atoms with Gasteiger partial charge >= 0.3 is 17.9 Å². The van der Waals surface area contributed by atoms with Crippen LogP contribution < -0.4 is 0 Å². The molecule has 1 unspecified atom stereocenters. The van der Waals surface area contributed by atoms with E-state index in [0.29, 0.717) is 19.3 Å². The number of ether oxygens (including phenoxy) is 3. The van der Waals surface area contributed by atoms with Crippen LogP contribution in [-0.2, 0) is 28.6 Å². The fourth-order valence-corrected chi connectivity index (χ4v) is 8.21. The molecule has 384 valence electrons. The number of esters is 3. The Kier molecular flexibility index (Phi) is 52.8. The number of unbranched alkanes of at least 4 members (excludes halogenated alkanes) is 33. The summed E-state index contributed by atoms with van der Waals surface area (Å²) in [5.74, 6) is -0.882. The fraction of sp³-hybridized carbons (Fsp3) is 0.817. The molecule has 0 aliphatic carbocycles. The van der Waals surface area contributed by atoms with Gasteiger partial charge in [-0.3, -0.25) is 14.4 Å². The zero-order chi connectivity index (χ0) is 47.9. The van der Waals surface area contributed by atoms with Gasteiger partial charge in [0, 0.05) is 19.3 Å². The van der Waals surface area contributed by atoms with Crippen LogP contribution in [0.15, 0.2) is 48.6 Å². The van der Waals surface area contributed by atoms with Gasteiger partial charge in [0.1, 0.15) is 13.2 Å². The van der Waals surface area contributed by atoms with Gasteiger partial charge < -0.3 is 14.2 Å². The van der Waals surface area contributed by atoms with E-state index in [4.69, 9.17) is 14.2 Å². The molecule has 0 rings (SSSR count). The van der Waals surface area contributed by atoms with Crippen LogP contribution in [0.2, 0.25) is 0 Å². The van der Waals surface area contributed by atoms with E-state index < -0.39 is 6.10 Å². The summed E-state index contributed by atoms with van der Waals surface area (Å²) in [5, 5.41) is 0. The molecule has 0 saturated heterocycles. The standard InChI is InChI=1S/C60H108O6/c1-4-7-10-13-16-18-20-22-24-26-27-28-29-30-31-32-33-35-36-38-40-42-44-47-50-53-59(62)65-56-57(55-64-58(61)52-49-46-15-12-9-6-3)66-60(63)54-51-48-45-43-41-39-37-34-25-23-21-19-17-14-11-8-5-2/h17,19-20,22-23,25-27,57H,4-16,18,21,24,28-56H2,1-3H3/b19-17-,22-20-,25-23-,27-26-. The monoisotopic (exact) mass is 925 g/mol. The minimum atomic E-state index is -0.773. The molecular weight excluding hydrogens is 817 g/mol. The summed E-state index contributed by atoms with van der Waals surface area (Å²) in [5.41, 5.74) is 0. The van der Waals surface area contributed by atoms with Crippen molar-refractivity contribution < 1.29 is 28.6 Å². The van der Waals surface area contributed by atoms with E-state index in [2.05, 4.69) is 69.4 Å². The molecule has 0 fully saturated rings. The van der Waals surface area contributed by atoms with Gasteiger partial charge in [0.15, 0.2) is 6.10 Å². The minimum absolute atomic E-state index is 0.0748. The summed E-state index contributed by atoms with van der Waals surface area (Å²) >= 11 is 0. The lowest BCUT2D eigenvalue weighted by atomic mass is 10.0. The second-order valence-electron chi connectivity index (χ2n) is 19.2. The average Bonchev–Trinajstić information content (AvgIpc) is 3.31. The van der Waals surface area contributed by atoms with Crippen molar-refractivity contribution in [3.05, 3.63) is 48.6 Å². The van der Waals surface area contributed by atoms with Crippen LogP contribution in [0.25, 0.3) is 0 Å². The van der Waals surface area contributed by atoms with Gasteiger partial charge in [-0.2, -0.15) is 0 Å². The molecule has 0 radical (unpaired) electrons. The Morgan fingerprint density at radius 3 is 0.864 bits per heavy atom. The molecule has 6 nitrogen and oxygen atoms in total. The zero-order valence-corrected chi connectivity index (χ0v) is 44.0. The molecule has 0 aromatic rings. The van der Waals surface area contributed by atoms with Crippen molar-refractivity contribution in [2.45, 2.75) is 303 Å². The number of carbonyl (C=O) groups is 3. The van der Waals surface area contributed by atoms with Crippen molar-refractivity contribution in [1.29, 1.82) is 0 Å². The van der Waals surface area contributed by atoms with E-state index in [-0.39, 0.29) is 31.1 Å². The molecule has 0 aliphatic rings. The molecule has 0 heterocycles. The normalized spacial score (nSPS) is 12.3. The van der Waals surface area contributed by atoms with E-state index in [1.165, 1.54) is 180 Å². The molecule has 0 bridgehead atoms. The lowest BCUT2D eigenvalue weighted by Gasteiger charge is -2.18. The largest absolute Gasteiger partial charge is 0.462 e. The smallest absolute Gasteiger partial charge is 0.306 e. The first-order valence-corrected chi connectivity index (χ1v) is 28.6. The minimum Gasteiger partial charge on any atom is -0.462 e. The molecule has 0 spiro atoms. The van der Waals surface area contributed by atoms with Crippen molar-refractivity contribution in [3.8, 4) is 0 Å². The van der Waals surface area contributed by atoms with Crippen molar-refractivity contribution in [2.75, 3.05) is 13.2 Å². The molecule has 0 amide bonds. The number of carbonyl (C=O) groups excluding carboxylic acids is 3. The van der Waals surface area contributed by atoms with Gasteiger partial charge in [-0.15, -0.1) is 0 Å². The second-order valence-corrected chi connectivity index (χ2v) is 19.2. The van der Waals surface area contributed by atoms with Crippen LogP contribution in [0.3, 0.4) is 0 Å². The lowest BCUT2D eigenvalue weighted by Crippen LogP contribution is -2.30. The van der Waals surface area contributed by atoms with Crippen molar-refractivity contribution in [2.24, 2.45) is 0 Å². The molecule has 0 N–H and O–H groups in total. The van der Waals surface area contributed by atoms with Gasteiger partial charge in [0.2, 0.25) is 0 Å². The molecule has 6 heteroatoms. The van der Waals surface area contributed by atoms with E-state index in [9.17, 15) is 14.4 Å². The average molecular weight is 926 g/mol. The Morgan fingerprint density at radius 2 is 0.545 bits per heavy atom. The van der Waals surface area contributed by atoms with Crippen molar-refractivity contribution >= 4 is 17.9 Å². The van der Waals surface area contributed by atoms with Crippen molar-refractivity contribution in [3.63, 3.8) is 0 Å². The maximum atomic E-state index is 12.8. The SMILES string of the molecule is CCCCC/C=C\C/C=C\CCCCCCCCCC(=O)OC(COC(=O)CCCCCCCC)COC(=O)CCCCCCCCCCCCCCC/C=C\C/C=C\CCCCCCC. The summed E-state index contributed by atoms with van der Waals surface area (Å²) in [6, 6.07) is 0. The third-order valence-corrected chi connectivity index (χ3v) is 12.6. The molecular formula is C60H108O6. The van der Waals surface area contributed by atoms with Crippen LogP contribution in [0, 0.1) is 0 Å². The van der Waals surface area contributed by atoms with Gasteiger partial charge in [0.25, 0.3) is 0 Å². The zero-order valence-electron chi connectivity index (χ0n) is 44.0. The highest BCUT2D eigenvalue weighted by molar-refractivity contribution is 5.71. The van der Waals surface area contributed by atoms with Crippen LogP contribution in [0.4, 0.5) is 0 Å². The topological polar surface area (TPSA) is 78.9 Å². The summed E-state index contributed by atoms with van der Waals surface area (Å²) in [7, 11) is 0. The van der Waals surface area contributed by atoms with Crippen LogP contribution in [-0.4, -0.2) is 37.2 Å².